The first-order chi connectivity index (χ1) is 51.8. The number of nitrogens with zero attached hydrogens (tertiary/aromatic N) is 1. The smallest absolute Gasteiger partial charge is 0.240 e. The third-order valence-corrected chi connectivity index (χ3v) is 22.7. The average Bonchev–Trinajstić information content (AvgIpc) is 0.709. The summed E-state index contributed by atoms with van der Waals surface area (Å²) in [4.78, 5) is 5.74. The molecule has 2 atom stereocenters. The van der Waals surface area contributed by atoms with E-state index in [9.17, 15) is 105 Å². The number of rotatable bonds is 10. The van der Waals surface area contributed by atoms with E-state index >= 15 is 0 Å². The molecule has 8 aromatic carbocycles. The van der Waals surface area contributed by atoms with E-state index in [1.54, 1.807) is 0 Å². The molecular formula is C87H85BCuF24NP2+2. The number of hydrogen-bond donors (Lipinski definition) is 0. The summed E-state index contributed by atoms with van der Waals surface area (Å²) in [6.45, 7) is 42.6. The van der Waals surface area contributed by atoms with E-state index in [4.69, 9.17) is 4.98 Å². The van der Waals surface area contributed by atoms with Crippen molar-refractivity contribution in [2.75, 3.05) is 0 Å². The number of alkyl halides is 24. The van der Waals surface area contributed by atoms with Crippen molar-refractivity contribution in [3.05, 3.63) is 276 Å². The quantitative estimate of drug-likeness (QED) is 0.0755. The van der Waals surface area contributed by atoms with E-state index in [1.807, 2.05) is 0 Å². The topological polar surface area (TPSA) is 12.9 Å². The molecule has 29 heteroatoms. The molecule has 1 nitrogen and oxygen atoms in total. The Bertz CT molecular complexity index is 4440. The van der Waals surface area contributed by atoms with Gasteiger partial charge in [0.2, 0.25) is 0 Å². The molecule has 0 fully saturated rings. The van der Waals surface area contributed by atoms with Gasteiger partial charge in [0.25, 0.3) is 0 Å². The van der Waals surface area contributed by atoms with Crippen LogP contribution in [0.2, 0.25) is 0 Å². The molecule has 1 heterocycles. The van der Waals surface area contributed by atoms with Crippen LogP contribution < -0.4 is 32.5 Å². The number of hydrogen-bond acceptors (Lipinski definition) is 1. The number of benzene rings is 8. The van der Waals surface area contributed by atoms with Crippen molar-refractivity contribution in [1.82, 2.24) is 4.98 Å². The zero-order valence-electron chi connectivity index (χ0n) is 66.1. The van der Waals surface area contributed by atoms with E-state index in [2.05, 4.69) is 228 Å². The molecule has 0 saturated carbocycles. The molecule has 9 aromatic rings. The van der Waals surface area contributed by atoms with Crippen LogP contribution >= 0.6 is 16.4 Å². The van der Waals surface area contributed by atoms with Crippen LogP contribution in [0.15, 0.2) is 176 Å². The zero-order valence-corrected chi connectivity index (χ0v) is 69.1. The summed E-state index contributed by atoms with van der Waals surface area (Å²) in [5, 5.41) is 5.49. The van der Waals surface area contributed by atoms with Gasteiger partial charge in [0.1, 0.15) is 33.9 Å². The first-order valence-electron chi connectivity index (χ1n) is 35.9. The number of halogens is 24. The third-order valence-electron chi connectivity index (χ3n) is 19.6. The minimum Gasteiger partial charge on any atom is -0.240 e. The van der Waals surface area contributed by atoms with Crippen LogP contribution in [-0.4, -0.2) is 21.7 Å². The Labute approximate surface area is 672 Å². The number of pyridine rings is 1. The van der Waals surface area contributed by atoms with E-state index in [0.29, 0.717) is 16.4 Å². The largest absolute Gasteiger partial charge is 1.00 e. The van der Waals surface area contributed by atoms with Crippen LogP contribution in [0.1, 0.15) is 225 Å². The van der Waals surface area contributed by atoms with Crippen molar-refractivity contribution >= 4 is 65.6 Å². The molecule has 0 aliphatic heterocycles. The molecule has 628 valence electrons. The maximum Gasteiger partial charge on any atom is 1.00 e. The molecular weight excluding hydrogens is 1650 g/mol. The molecule has 2 unspecified atom stereocenters. The van der Waals surface area contributed by atoms with Crippen LogP contribution in [-0.2, 0) is 99.0 Å². The number of aromatic nitrogens is 1. The fraction of sp³-hybridized carbons (Fsp3) is 0.368. The summed E-state index contributed by atoms with van der Waals surface area (Å²) < 4.78 is 341. The third kappa shape index (κ3) is 22.2. The van der Waals surface area contributed by atoms with Crippen LogP contribution in [0.3, 0.4) is 0 Å². The maximum atomic E-state index is 14.2. The average molecular weight is 1740 g/mol. The van der Waals surface area contributed by atoms with Crippen molar-refractivity contribution in [3.8, 4) is 0 Å². The Hall–Kier alpha value is -7.85. The van der Waals surface area contributed by atoms with Gasteiger partial charge in [0, 0.05) is 33.4 Å². The van der Waals surface area contributed by atoms with E-state index < -0.39 is 195 Å². The van der Waals surface area contributed by atoms with Gasteiger partial charge in [-0.2, -0.15) is 127 Å². The van der Waals surface area contributed by atoms with E-state index in [-0.39, 0.29) is 49.6 Å². The second-order valence-electron chi connectivity index (χ2n) is 34.8. The molecule has 0 amide bonds. The predicted molar refractivity (Wildman–Crippen MR) is 415 cm³/mol. The molecule has 0 bridgehead atoms. The van der Waals surface area contributed by atoms with Gasteiger partial charge in [-0.25, -0.2) is 4.98 Å². The molecule has 0 aliphatic carbocycles. The SMILES string of the molecule is CC(C)(C)c1cc(C(C)(C)C)c(/[PH+]=C(\c2ccccc2)c2cccc(/C(=[PH+]/c3c(C(C)(C)C)cc(C(C)(C)C)cc3C(C)(C)C)c3ccccc3)n2)c(C(C)(C)C)c1.FC(F)(F)c1cc([B-](c2cc(C(F)(F)F)cc(C(F)(F)F)c2)(c2cc(C(F)(F)F)cc(C(F)(F)F)c2)c2cc(C(F)(F)F)cc(C(F)(F)F)c2)cc(C(F)(F)F)c1.[Cu+]. The summed E-state index contributed by atoms with van der Waals surface area (Å²) in [6.07, 6.45) is -54.8. The van der Waals surface area contributed by atoms with Gasteiger partial charge in [-0.15, -0.1) is 0 Å². The van der Waals surface area contributed by atoms with Crippen molar-refractivity contribution in [1.29, 1.82) is 0 Å². The van der Waals surface area contributed by atoms with Gasteiger partial charge >= 0.3 is 66.5 Å². The predicted octanol–water partition coefficient (Wildman–Crippen LogP) is 25.2. The van der Waals surface area contributed by atoms with Crippen LogP contribution in [0.4, 0.5) is 105 Å². The van der Waals surface area contributed by atoms with Gasteiger partial charge in [-0.3, -0.25) is 0 Å². The standard InChI is InChI=1S/C55H71NP2.C32H12BF24.Cu/c1-50(2,3)38-32-40(52(7,8)9)48(41(33-38)53(10,11)12)57-46(36-26-21-19-22-27-36)44-30-25-31-45(56-44)47(37-28-23-20-24-29-37)58-49-42(54(13,14)15)34-39(51(4,5)6)35-43(49)55(16,17)18;34-25(35,36)13-1-14(26(37,38)39)6-21(5-13)33(22-7-15(27(40,41)42)2-16(8-22)28(43,44)45,23-9-17(29(46,47)48)3-18(10-23)30(49,50)51)24-11-19(31(52,53)54)4-20(12-24)32(55,56)57;/h19-35H,1-18H3;1-12H;/q;-1;+1/p+2. The Kier molecular flexibility index (Phi) is 26.9. The normalized spacial score (nSPS) is 14.0. The Balaban J connectivity index is 0.000000318. The summed E-state index contributed by atoms with van der Waals surface area (Å²) in [6, 6.07) is 30.0. The maximum absolute atomic E-state index is 14.2. The summed E-state index contributed by atoms with van der Waals surface area (Å²) in [5.74, 6) is 0. The molecule has 116 heavy (non-hydrogen) atoms. The second-order valence-corrected chi connectivity index (χ2v) is 37.3. The molecule has 1 aromatic heterocycles. The summed E-state index contributed by atoms with van der Waals surface area (Å²) in [5.41, 5.74) is -17.1. The molecule has 0 N–H and O–H groups in total. The van der Waals surface area contributed by atoms with Gasteiger partial charge < -0.3 is 0 Å². The van der Waals surface area contributed by atoms with E-state index in [1.165, 1.54) is 65.7 Å². The zero-order chi connectivity index (χ0) is 87.1. The van der Waals surface area contributed by atoms with Crippen LogP contribution in [0.25, 0.3) is 0 Å². The molecule has 9 rings (SSSR count). The fourth-order valence-electron chi connectivity index (χ4n) is 13.6. The summed E-state index contributed by atoms with van der Waals surface area (Å²) in [7, 11) is 0.851. The fourth-order valence-corrected chi connectivity index (χ4v) is 17.6. The van der Waals surface area contributed by atoms with Crippen LogP contribution in [0.5, 0.6) is 0 Å². The van der Waals surface area contributed by atoms with Gasteiger partial charge in [-0.05, 0) is 80.0 Å². The van der Waals surface area contributed by atoms with Gasteiger partial charge in [-0.1, -0.05) is 264 Å². The minimum absolute atomic E-state index is 0. The van der Waals surface area contributed by atoms with Crippen molar-refractivity contribution in [3.63, 3.8) is 0 Å². The van der Waals surface area contributed by atoms with Crippen molar-refractivity contribution in [2.24, 2.45) is 0 Å². The van der Waals surface area contributed by atoms with Crippen molar-refractivity contribution < 1.29 is 122 Å². The van der Waals surface area contributed by atoms with E-state index in [0.717, 1.165) is 11.4 Å². The monoisotopic (exact) mass is 1740 g/mol. The second kappa shape index (κ2) is 32.7. The molecule has 0 radical (unpaired) electrons. The molecule has 0 spiro atoms. The Morgan fingerprint density at radius 3 is 0.586 bits per heavy atom. The van der Waals surface area contributed by atoms with Crippen molar-refractivity contribution in [2.45, 2.75) is 207 Å². The van der Waals surface area contributed by atoms with Gasteiger partial charge in [0.15, 0.2) is 21.2 Å². The minimum atomic E-state index is -6.13. The molecule has 0 saturated heterocycles. The Morgan fingerprint density at radius 1 is 0.233 bits per heavy atom. The first-order valence-corrected chi connectivity index (χ1v) is 37.9. The summed E-state index contributed by atoms with van der Waals surface area (Å²) >= 11 is 0. The Morgan fingerprint density at radius 2 is 0.422 bits per heavy atom. The molecule has 0 aliphatic rings. The van der Waals surface area contributed by atoms with Crippen LogP contribution in [0, 0.1) is 0 Å². The first kappa shape index (κ1) is 95.3. The van der Waals surface area contributed by atoms with Gasteiger partial charge in [0.05, 0.1) is 44.5 Å².